The van der Waals surface area contributed by atoms with E-state index >= 15 is 0 Å². The smallest absolute Gasteiger partial charge is 0.344 e. The minimum Gasteiger partial charge on any atom is -0.482 e. The SMILES string of the molecule is Cc1cc(NC(=O)C(C)OC(=O)COc2ccc3ccc(=O)oc3c2)no1. The Labute approximate surface area is 152 Å². The quantitative estimate of drug-likeness (QED) is 0.515. The van der Waals surface area contributed by atoms with Crippen LogP contribution in [0.3, 0.4) is 0 Å². The molecule has 2 aromatic heterocycles. The van der Waals surface area contributed by atoms with Crippen LogP contribution in [-0.2, 0) is 14.3 Å². The summed E-state index contributed by atoms with van der Waals surface area (Å²) in [6.45, 7) is 2.69. The van der Waals surface area contributed by atoms with E-state index in [0.29, 0.717) is 17.1 Å². The topological polar surface area (TPSA) is 121 Å². The fraction of sp³-hybridized carbons (Fsp3) is 0.222. The summed E-state index contributed by atoms with van der Waals surface area (Å²) >= 11 is 0. The van der Waals surface area contributed by atoms with E-state index in [1.54, 1.807) is 25.1 Å². The minimum atomic E-state index is -1.05. The number of benzene rings is 1. The highest BCUT2D eigenvalue weighted by atomic mass is 16.6. The molecule has 0 saturated heterocycles. The first kappa shape index (κ1) is 18.2. The van der Waals surface area contributed by atoms with Gasteiger partial charge in [0.15, 0.2) is 18.5 Å². The third-order valence-electron chi connectivity index (χ3n) is 3.51. The van der Waals surface area contributed by atoms with Crippen LogP contribution < -0.4 is 15.7 Å². The van der Waals surface area contributed by atoms with E-state index in [4.69, 9.17) is 18.4 Å². The Kier molecular flexibility index (Phi) is 5.20. The Morgan fingerprint density at radius 2 is 2.00 bits per heavy atom. The summed E-state index contributed by atoms with van der Waals surface area (Å²) in [5.41, 5.74) is -0.148. The van der Waals surface area contributed by atoms with Crippen molar-refractivity contribution in [2.45, 2.75) is 20.0 Å². The largest absolute Gasteiger partial charge is 0.482 e. The van der Waals surface area contributed by atoms with Crippen LogP contribution in [0, 0.1) is 6.92 Å². The number of nitrogens with zero attached hydrogens (tertiary/aromatic N) is 1. The predicted octanol–water partition coefficient (Wildman–Crippen LogP) is 2.04. The summed E-state index contributed by atoms with van der Waals surface area (Å²) in [5, 5.41) is 6.80. The number of amides is 1. The first-order chi connectivity index (χ1) is 12.9. The lowest BCUT2D eigenvalue weighted by atomic mass is 10.2. The summed E-state index contributed by atoms with van der Waals surface area (Å²) in [6.07, 6.45) is -1.05. The zero-order valence-corrected chi connectivity index (χ0v) is 14.6. The van der Waals surface area contributed by atoms with Crippen molar-refractivity contribution in [2.24, 2.45) is 0 Å². The molecule has 0 aliphatic rings. The second-order valence-corrected chi connectivity index (χ2v) is 5.69. The molecule has 0 fully saturated rings. The number of nitrogens with one attached hydrogen (secondary N) is 1. The molecule has 0 spiro atoms. The molecule has 1 unspecified atom stereocenters. The number of hydrogen-bond acceptors (Lipinski definition) is 8. The van der Waals surface area contributed by atoms with Crippen molar-refractivity contribution < 1.29 is 28.0 Å². The molecular weight excluding hydrogens is 356 g/mol. The third kappa shape index (κ3) is 4.72. The van der Waals surface area contributed by atoms with Gasteiger partial charge in [-0.3, -0.25) is 4.79 Å². The van der Waals surface area contributed by atoms with Gasteiger partial charge in [0.2, 0.25) is 0 Å². The van der Waals surface area contributed by atoms with Crippen LogP contribution >= 0.6 is 0 Å². The molecule has 0 aliphatic carbocycles. The van der Waals surface area contributed by atoms with Crippen LogP contribution in [0.25, 0.3) is 11.0 Å². The average Bonchev–Trinajstić information content (AvgIpc) is 3.04. The Morgan fingerprint density at radius 1 is 1.22 bits per heavy atom. The fourth-order valence-corrected chi connectivity index (χ4v) is 2.21. The third-order valence-corrected chi connectivity index (χ3v) is 3.51. The highest BCUT2D eigenvalue weighted by Gasteiger charge is 2.19. The van der Waals surface area contributed by atoms with Crippen molar-refractivity contribution in [3.05, 3.63) is 52.6 Å². The van der Waals surface area contributed by atoms with Crippen molar-refractivity contribution >= 4 is 28.7 Å². The minimum absolute atomic E-state index is 0.231. The number of carbonyl (C=O) groups is 2. The Morgan fingerprint density at radius 3 is 2.74 bits per heavy atom. The standard InChI is InChI=1S/C18H16N2O7/c1-10-7-15(20-27-10)19-18(23)11(2)25-17(22)9-24-13-5-3-12-4-6-16(21)26-14(12)8-13/h3-8,11H,9H2,1-2H3,(H,19,20,23). The molecule has 140 valence electrons. The maximum absolute atomic E-state index is 12.0. The van der Waals surface area contributed by atoms with Gasteiger partial charge in [-0.25, -0.2) is 9.59 Å². The van der Waals surface area contributed by atoms with Crippen molar-refractivity contribution in [3.8, 4) is 5.75 Å². The zero-order valence-electron chi connectivity index (χ0n) is 14.6. The fourth-order valence-electron chi connectivity index (χ4n) is 2.21. The molecular formula is C18H16N2O7. The van der Waals surface area contributed by atoms with Gasteiger partial charge in [0.1, 0.15) is 17.1 Å². The zero-order chi connectivity index (χ0) is 19.4. The van der Waals surface area contributed by atoms with E-state index < -0.39 is 30.2 Å². The van der Waals surface area contributed by atoms with Crippen molar-refractivity contribution in [2.75, 3.05) is 11.9 Å². The summed E-state index contributed by atoms with van der Waals surface area (Å²) < 4.78 is 20.2. The van der Waals surface area contributed by atoms with Gasteiger partial charge in [-0.1, -0.05) is 5.16 Å². The number of ether oxygens (including phenoxy) is 2. The van der Waals surface area contributed by atoms with E-state index in [-0.39, 0.29) is 5.82 Å². The van der Waals surface area contributed by atoms with Gasteiger partial charge < -0.3 is 23.7 Å². The highest BCUT2D eigenvalue weighted by Crippen LogP contribution is 2.19. The lowest BCUT2D eigenvalue weighted by molar-refractivity contribution is -0.155. The molecule has 3 aromatic rings. The van der Waals surface area contributed by atoms with Crippen LogP contribution in [0.2, 0.25) is 0 Å². The molecule has 0 saturated carbocycles. The molecule has 1 amide bonds. The summed E-state index contributed by atoms with van der Waals surface area (Å²) in [4.78, 5) is 35.1. The molecule has 1 aromatic carbocycles. The number of aryl methyl sites for hydroxylation is 1. The van der Waals surface area contributed by atoms with Crippen LogP contribution in [0.4, 0.5) is 5.82 Å². The Bertz CT molecular complexity index is 1040. The molecule has 3 rings (SSSR count). The van der Waals surface area contributed by atoms with Gasteiger partial charge >= 0.3 is 11.6 Å². The van der Waals surface area contributed by atoms with Gasteiger partial charge in [0.05, 0.1) is 0 Å². The van der Waals surface area contributed by atoms with Gasteiger partial charge in [0, 0.05) is 23.6 Å². The van der Waals surface area contributed by atoms with E-state index in [1.165, 1.54) is 25.1 Å². The van der Waals surface area contributed by atoms with E-state index in [2.05, 4.69) is 10.5 Å². The van der Waals surface area contributed by atoms with E-state index in [1.807, 2.05) is 0 Å². The van der Waals surface area contributed by atoms with Gasteiger partial charge in [-0.05, 0) is 32.0 Å². The summed E-state index contributed by atoms with van der Waals surface area (Å²) in [6, 6.07) is 9.27. The Hall–Kier alpha value is -3.62. The van der Waals surface area contributed by atoms with Crippen molar-refractivity contribution in [1.82, 2.24) is 5.16 Å². The average molecular weight is 372 g/mol. The lowest BCUT2D eigenvalue weighted by Gasteiger charge is -2.12. The lowest BCUT2D eigenvalue weighted by Crippen LogP contribution is -2.31. The first-order valence-corrected chi connectivity index (χ1v) is 8.01. The molecule has 1 atom stereocenters. The molecule has 1 N–H and O–H groups in total. The van der Waals surface area contributed by atoms with Crippen LogP contribution in [0.5, 0.6) is 5.75 Å². The second-order valence-electron chi connectivity index (χ2n) is 5.69. The summed E-state index contributed by atoms with van der Waals surface area (Å²) in [7, 11) is 0. The van der Waals surface area contributed by atoms with Crippen molar-refractivity contribution in [1.29, 1.82) is 0 Å². The number of aromatic nitrogens is 1. The molecule has 9 nitrogen and oxygen atoms in total. The molecule has 0 aliphatic heterocycles. The first-order valence-electron chi connectivity index (χ1n) is 8.01. The van der Waals surface area contributed by atoms with Crippen LogP contribution in [0.15, 0.2) is 50.1 Å². The molecule has 0 bridgehead atoms. The maximum atomic E-state index is 12.0. The number of fused-ring (bicyclic) bond motifs is 1. The second kappa shape index (κ2) is 7.73. The number of anilines is 1. The monoisotopic (exact) mass is 372 g/mol. The molecule has 0 radical (unpaired) electrons. The maximum Gasteiger partial charge on any atom is 0.344 e. The normalized spacial score (nSPS) is 11.8. The van der Waals surface area contributed by atoms with Crippen LogP contribution in [-0.4, -0.2) is 29.7 Å². The molecule has 9 heteroatoms. The predicted molar refractivity (Wildman–Crippen MR) is 93.4 cm³/mol. The highest BCUT2D eigenvalue weighted by molar-refractivity contribution is 5.94. The number of hydrogen-bond donors (Lipinski definition) is 1. The number of carbonyl (C=O) groups excluding carboxylic acids is 2. The number of esters is 1. The molecule has 2 heterocycles. The van der Waals surface area contributed by atoms with E-state index in [9.17, 15) is 14.4 Å². The van der Waals surface area contributed by atoms with Gasteiger partial charge in [-0.15, -0.1) is 0 Å². The Balaban J connectivity index is 1.52. The number of rotatable bonds is 6. The van der Waals surface area contributed by atoms with Crippen LogP contribution in [0.1, 0.15) is 12.7 Å². The van der Waals surface area contributed by atoms with Crippen molar-refractivity contribution in [3.63, 3.8) is 0 Å². The van der Waals surface area contributed by atoms with Gasteiger partial charge in [0.25, 0.3) is 5.91 Å². The molecule has 27 heavy (non-hydrogen) atoms. The van der Waals surface area contributed by atoms with E-state index in [0.717, 1.165) is 5.39 Å². The van der Waals surface area contributed by atoms with Gasteiger partial charge in [-0.2, -0.15) is 0 Å². The summed E-state index contributed by atoms with van der Waals surface area (Å²) in [5.74, 6) is -0.194.